The van der Waals surface area contributed by atoms with Crippen LogP contribution in [-0.4, -0.2) is 23.0 Å². The van der Waals surface area contributed by atoms with Gasteiger partial charge in [-0.25, -0.2) is 9.97 Å². The van der Waals surface area contributed by atoms with Crippen LogP contribution in [0.4, 0.5) is 0 Å². The van der Waals surface area contributed by atoms with Crippen molar-refractivity contribution < 1.29 is 0 Å². The third-order valence-electron chi connectivity index (χ3n) is 8.13. The van der Waals surface area contributed by atoms with E-state index in [2.05, 4.69) is 139 Å². The molecule has 4 heteroatoms. The SMILES string of the molecule is C[Si]1(C)C(c2cccc(-c3ccccc3)n2)=C(c2ccccc2)C(c2ccccc2)=C1c1cccc(-c2ccccn2)n1. The summed E-state index contributed by atoms with van der Waals surface area (Å²) in [6, 6.07) is 50.8. The Balaban J connectivity index is 1.52. The van der Waals surface area contributed by atoms with Gasteiger partial charge in [0.05, 0.1) is 28.5 Å². The highest BCUT2D eigenvalue weighted by Crippen LogP contribution is 2.55. The van der Waals surface area contributed by atoms with Crippen molar-refractivity contribution in [3.8, 4) is 22.6 Å². The van der Waals surface area contributed by atoms with E-state index in [0.29, 0.717) is 0 Å². The molecular weight excluding hydrogens is 539 g/mol. The van der Waals surface area contributed by atoms with Crippen molar-refractivity contribution in [2.45, 2.75) is 13.1 Å². The molecule has 1 aliphatic rings. The molecule has 1 aliphatic heterocycles. The number of hydrogen-bond acceptors (Lipinski definition) is 3. The smallest absolute Gasteiger partial charge is 0.119 e. The molecule has 0 aliphatic carbocycles. The fourth-order valence-corrected chi connectivity index (χ4v) is 9.86. The van der Waals surface area contributed by atoms with Crippen LogP contribution in [0.5, 0.6) is 0 Å². The molecule has 43 heavy (non-hydrogen) atoms. The zero-order valence-electron chi connectivity index (χ0n) is 24.3. The predicted octanol–water partition coefficient (Wildman–Crippen LogP) is 9.53. The van der Waals surface area contributed by atoms with Crippen molar-refractivity contribution >= 4 is 29.6 Å². The van der Waals surface area contributed by atoms with Crippen molar-refractivity contribution in [3.63, 3.8) is 0 Å². The van der Waals surface area contributed by atoms with Crippen LogP contribution < -0.4 is 0 Å². The van der Waals surface area contributed by atoms with Crippen molar-refractivity contribution in [3.05, 3.63) is 174 Å². The Morgan fingerprint density at radius 2 is 0.791 bits per heavy atom. The van der Waals surface area contributed by atoms with Crippen LogP contribution in [0.2, 0.25) is 13.1 Å². The first-order chi connectivity index (χ1) is 21.1. The lowest BCUT2D eigenvalue weighted by Gasteiger charge is -2.25. The average molecular weight is 570 g/mol. The van der Waals surface area contributed by atoms with Gasteiger partial charge >= 0.3 is 0 Å². The third-order valence-corrected chi connectivity index (χ3v) is 11.6. The molecule has 0 bridgehead atoms. The van der Waals surface area contributed by atoms with Crippen molar-refractivity contribution in [1.29, 1.82) is 0 Å². The largest absolute Gasteiger partial charge is 0.255 e. The number of pyridine rings is 3. The minimum absolute atomic E-state index is 0.873. The number of hydrogen-bond donors (Lipinski definition) is 0. The van der Waals surface area contributed by atoms with Gasteiger partial charge in [-0.05, 0) is 69.1 Å². The molecule has 0 spiro atoms. The van der Waals surface area contributed by atoms with E-state index in [4.69, 9.17) is 9.97 Å². The molecule has 6 aromatic rings. The van der Waals surface area contributed by atoms with Crippen molar-refractivity contribution in [2.75, 3.05) is 0 Å². The molecule has 0 unspecified atom stereocenters. The van der Waals surface area contributed by atoms with Crippen LogP contribution >= 0.6 is 0 Å². The molecule has 0 N–H and O–H groups in total. The Kier molecular flexibility index (Phi) is 6.97. The minimum Gasteiger partial charge on any atom is -0.255 e. The first-order valence-electron chi connectivity index (χ1n) is 14.6. The number of aromatic nitrogens is 3. The summed E-state index contributed by atoms with van der Waals surface area (Å²) in [5.74, 6) is 0. The van der Waals surface area contributed by atoms with Gasteiger partial charge in [0.15, 0.2) is 0 Å². The first kappa shape index (κ1) is 26.7. The van der Waals surface area contributed by atoms with E-state index in [0.717, 1.165) is 34.0 Å². The normalized spacial score (nSPS) is 14.3. The Morgan fingerprint density at radius 3 is 1.30 bits per heavy atom. The standard InChI is InChI=1S/C39H31N3Si/c1-43(2)38(34-25-14-23-31(41-34)28-16-6-3-7-17-28)36(29-18-8-4-9-19-29)37(30-20-10-5-11-21-30)39(43)35-26-15-24-33(42-35)32-22-12-13-27-40-32/h3-27H,1-2H3. The lowest BCUT2D eigenvalue weighted by atomic mass is 9.90. The van der Waals surface area contributed by atoms with Crippen LogP contribution in [0.15, 0.2) is 152 Å². The van der Waals surface area contributed by atoms with E-state index in [1.54, 1.807) is 0 Å². The molecule has 0 amide bonds. The fourth-order valence-electron chi connectivity index (χ4n) is 6.26. The second-order valence-electron chi connectivity index (χ2n) is 11.3. The predicted molar refractivity (Wildman–Crippen MR) is 181 cm³/mol. The van der Waals surface area contributed by atoms with Gasteiger partial charge in [0, 0.05) is 11.8 Å². The number of rotatable bonds is 6. The minimum atomic E-state index is -2.41. The fraction of sp³-hybridized carbons (Fsp3) is 0.0513. The summed E-state index contributed by atoms with van der Waals surface area (Å²) in [5, 5.41) is 2.65. The van der Waals surface area contributed by atoms with Crippen LogP contribution in [0, 0.1) is 0 Å². The second-order valence-corrected chi connectivity index (χ2v) is 15.5. The van der Waals surface area contributed by atoms with Gasteiger partial charge in [-0.15, -0.1) is 0 Å². The van der Waals surface area contributed by atoms with Crippen LogP contribution in [-0.2, 0) is 0 Å². The van der Waals surface area contributed by atoms with Gasteiger partial charge in [0.25, 0.3) is 0 Å². The van der Waals surface area contributed by atoms with Crippen molar-refractivity contribution in [2.24, 2.45) is 0 Å². The molecule has 0 fully saturated rings. The Labute approximate surface area is 254 Å². The maximum absolute atomic E-state index is 5.34. The molecule has 0 saturated heterocycles. The zero-order chi connectivity index (χ0) is 29.2. The Bertz CT molecular complexity index is 1820. The molecule has 206 valence electrons. The topological polar surface area (TPSA) is 38.7 Å². The highest BCUT2D eigenvalue weighted by atomic mass is 28.3. The molecule has 0 saturated carbocycles. The lowest BCUT2D eigenvalue weighted by molar-refractivity contribution is 1.23. The third kappa shape index (κ3) is 4.96. The highest BCUT2D eigenvalue weighted by molar-refractivity contribution is 7.13. The van der Waals surface area contributed by atoms with Gasteiger partial charge < -0.3 is 0 Å². The maximum atomic E-state index is 5.34. The quantitative estimate of drug-likeness (QED) is 0.188. The van der Waals surface area contributed by atoms with E-state index in [-0.39, 0.29) is 0 Å². The van der Waals surface area contributed by atoms with Crippen LogP contribution in [0.1, 0.15) is 22.5 Å². The highest BCUT2D eigenvalue weighted by Gasteiger charge is 2.45. The van der Waals surface area contributed by atoms with E-state index >= 15 is 0 Å². The van der Waals surface area contributed by atoms with Gasteiger partial charge in [0.1, 0.15) is 8.07 Å². The molecule has 0 radical (unpaired) electrons. The van der Waals surface area contributed by atoms with Crippen molar-refractivity contribution in [1.82, 2.24) is 15.0 Å². The molecule has 0 atom stereocenters. The monoisotopic (exact) mass is 569 g/mol. The summed E-state index contributed by atoms with van der Waals surface area (Å²) < 4.78 is 0. The van der Waals surface area contributed by atoms with Gasteiger partial charge in [-0.1, -0.05) is 122 Å². The molecule has 3 aromatic heterocycles. The first-order valence-corrected chi connectivity index (χ1v) is 17.6. The second kappa shape index (κ2) is 11.2. The molecule has 3 aromatic carbocycles. The number of allylic oxidation sites excluding steroid dienone is 2. The van der Waals surface area contributed by atoms with Gasteiger partial charge in [-0.3, -0.25) is 4.98 Å². The van der Waals surface area contributed by atoms with E-state index in [1.165, 1.54) is 32.7 Å². The molecule has 4 heterocycles. The zero-order valence-corrected chi connectivity index (χ0v) is 25.3. The number of benzene rings is 3. The van der Waals surface area contributed by atoms with Gasteiger partial charge in [0.2, 0.25) is 0 Å². The summed E-state index contributed by atoms with van der Waals surface area (Å²) in [4.78, 5) is 15.2. The number of nitrogens with zero attached hydrogens (tertiary/aromatic N) is 3. The van der Waals surface area contributed by atoms with Crippen LogP contribution in [0.3, 0.4) is 0 Å². The average Bonchev–Trinajstić information content (AvgIpc) is 3.33. The molecular formula is C39H31N3Si. The summed E-state index contributed by atoms with van der Waals surface area (Å²) in [6.07, 6.45) is 1.82. The Hall–Kier alpha value is -5.19. The summed E-state index contributed by atoms with van der Waals surface area (Å²) >= 11 is 0. The van der Waals surface area contributed by atoms with Crippen LogP contribution in [0.25, 0.3) is 44.2 Å². The Morgan fingerprint density at radius 1 is 0.372 bits per heavy atom. The van der Waals surface area contributed by atoms with Gasteiger partial charge in [-0.2, -0.15) is 0 Å². The lowest BCUT2D eigenvalue weighted by Crippen LogP contribution is -2.29. The summed E-state index contributed by atoms with van der Waals surface area (Å²) in [7, 11) is -2.41. The van der Waals surface area contributed by atoms with E-state index in [9.17, 15) is 0 Å². The van der Waals surface area contributed by atoms with E-state index < -0.39 is 8.07 Å². The van der Waals surface area contributed by atoms with E-state index in [1.807, 2.05) is 30.5 Å². The summed E-state index contributed by atoms with van der Waals surface area (Å²) in [5.41, 5.74) is 10.8. The molecule has 3 nitrogen and oxygen atoms in total. The summed E-state index contributed by atoms with van der Waals surface area (Å²) in [6.45, 7) is 4.89. The molecule has 7 rings (SSSR count). The maximum Gasteiger partial charge on any atom is 0.119 e.